The first-order chi connectivity index (χ1) is 15.5. The molecule has 0 spiro atoms. The van der Waals surface area contributed by atoms with Crippen LogP contribution >= 0.6 is 23.2 Å². The van der Waals surface area contributed by atoms with E-state index in [0.29, 0.717) is 44.9 Å². The number of benzene rings is 2. The molecule has 2 heterocycles. The Labute approximate surface area is 195 Å². The van der Waals surface area contributed by atoms with E-state index >= 15 is 0 Å². The van der Waals surface area contributed by atoms with Gasteiger partial charge in [0, 0.05) is 29.2 Å². The van der Waals surface area contributed by atoms with Crippen molar-refractivity contribution in [3.63, 3.8) is 0 Å². The Kier molecular flexibility index (Phi) is 6.79. The third-order valence-electron chi connectivity index (χ3n) is 5.40. The van der Waals surface area contributed by atoms with Crippen molar-refractivity contribution in [2.75, 3.05) is 13.1 Å². The molecule has 32 heavy (non-hydrogen) atoms. The van der Waals surface area contributed by atoms with Crippen molar-refractivity contribution in [3.8, 4) is 22.7 Å². The standard InChI is InChI=1S/C23H22Cl2N4O3/c1-15-21(23(31)27-28-11-3-2-4-12-28)26-29(20-10-7-17(24)13-19(20)25)22(15)16-5-8-18(9-6-16)32-14-30/h5-10,13-14H,2-4,11-12H2,1H3,(H,27,31). The Morgan fingerprint density at radius 3 is 2.47 bits per heavy atom. The van der Waals surface area contributed by atoms with Crippen molar-refractivity contribution in [2.24, 2.45) is 0 Å². The second-order valence-electron chi connectivity index (χ2n) is 7.56. The van der Waals surface area contributed by atoms with E-state index in [1.807, 2.05) is 11.9 Å². The number of ether oxygens (including phenoxy) is 1. The van der Waals surface area contributed by atoms with Crippen LogP contribution in [0.1, 0.15) is 35.3 Å². The van der Waals surface area contributed by atoms with Gasteiger partial charge >= 0.3 is 0 Å². The number of hydrogen-bond donors (Lipinski definition) is 1. The summed E-state index contributed by atoms with van der Waals surface area (Å²) in [5, 5.41) is 7.48. The third kappa shape index (κ3) is 4.65. The SMILES string of the molecule is Cc1c(C(=O)NN2CCCCC2)nn(-c2ccc(Cl)cc2Cl)c1-c1ccc(OC=O)cc1. The lowest BCUT2D eigenvalue weighted by Crippen LogP contribution is -2.45. The second-order valence-corrected chi connectivity index (χ2v) is 8.40. The molecule has 0 bridgehead atoms. The largest absolute Gasteiger partial charge is 0.429 e. The Morgan fingerprint density at radius 1 is 1.09 bits per heavy atom. The van der Waals surface area contributed by atoms with Crippen molar-refractivity contribution >= 4 is 35.6 Å². The lowest BCUT2D eigenvalue weighted by molar-refractivity contribution is -0.120. The molecule has 166 valence electrons. The van der Waals surface area contributed by atoms with Crippen molar-refractivity contribution in [1.29, 1.82) is 0 Å². The van der Waals surface area contributed by atoms with Crippen molar-refractivity contribution < 1.29 is 14.3 Å². The zero-order valence-electron chi connectivity index (χ0n) is 17.5. The van der Waals surface area contributed by atoms with Gasteiger partial charge in [0.25, 0.3) is 12.4 Å². The van der Waals surface area contributed by atoms with E-state index in [4.69, 9.17) is 27.9 Å². The van der Waals surface area contributed by atoms with Gasteiger partial charge in [-0.2, -0.15) is 5.10 Å². The first-order valence-electron chi connectivity index (χ1n) is 10.3. The lowest BCUT2D eigenvalue weighted by atomic mass is 10.1. The highest BCUT2D eigenvalue weighted by Crippen LogP contribution is 2.33. The Bertz CT molecular complexity index is 1140. The summed E-state index contributed by atoms with van der Waals surface area (Å²) in [7, 11) is 0. The summed E-state index contributed by atoms with van der Waals surface area (Å²) in [6.45, 7) is 3.86. The Balaban J connectivity index is 1.78. The fourth-order valence-corrected chi connectivity index (χ4v) is 4.32. The lowest BCUT2D eigenvalue weighted by Gasteiger charge is -2.26. The number of rotatable bonds is 6. The predicted octanol–water partition coefficient (Wildman–Crippen LogP) is 4.82. The topological polar surface area (TPSA) is 76.5 Å². The summed E-state index contributed by atoms with van der Waals surface area (Å²) < 4.78 is 6.54. The molecule has 1 N–H and O–H groups in total. The molecule has 4 rings (SSSR count). The molecule has 0 atom stereocenters. The number of nitrogens with zero attached hydrogens (tertiary/aromatic N) is 3. The van der Waals surface area contributed by atoms with E-state index in [9.17, 15) is 9.59 Å². The van der Waals surface area contributed by atoms with Crippen LogP contribution in [-0.2, 0) is 4.79 Å². The second kappa shape index (κ2) is 9.73. The average Bonchev–Trinajstić information content (AvgIpc) is 3.12. The van der Waals surface area contributed by atoms with Crippen molar-refractivity contribution in [1.82, 2.24) is 20.2 Å². The smallest absolute Gasteiger partial charge is 0.298 e. The maximum Gasteiger partial charge on any atom is 0.298 e. The van der Waals surface area contributed by atoms with Gasteiger partial charge in [-0.25, -0.2) is 9.69 Å². The number of carbonyl (C=O) groups is 2. The molecule has 0 radical (unpaired) electrons. The number of hydrogen-bond acceptors (Lipinski definition) is 5. The summed E-state index contributed by atoms with van der Waals surface area (Å²) >= 11 is 12.6. The average molecular weight is 473 g/mol. The minimum absolute atomic E-state index is 0.268. The van der Waals surface area contributed by atoms with Crippen LogP contribution in [0.5, 0.6) is 5.75 Å². The van der Waals surface area contributed by atoms with E-state index in [1.165, 1.54) is 6.42 Å². The normalized spacial score (nSPS) is 14.2. The molecule has 2 aromatic carbocycles. The number of nitrogens with one attached hydrogen (secondary N) is 1. The van der Waals surface area contributed by atoms with Gasteiger partial charge in [0.05, 0.1) is 16.4 Å². The molecular weight excluding hydrogens is 451 g/mol. The van der Waals surface area contributed by atoms with Gasteiger partial charge in [-0.15, -0.1) is 0 Å². The molecule has 1 aliphatic heterocycles. The minimum Gasteiger partial charge on any atom is -0.429 e. The maximum absolute atomic E-state index is 13.1. The number of carbonyl (C=O) groups excluding carboxylic acids is 2. The molecule has 7 nitrogen and oxygen atoms in total. The molecule has 1 aromatic heterocycles. The minimum atomic E-state index is -0.268. The van der Waals surface area contributed by atoms with Crippen LogP contribution in [0.2, 0.25) is 10.0 Å². The molecule has 1 aliphatic rings. The van der Waals surface area contributed by atoms with Crippen molar-refractivity contribution in [3.05, 3.63) is 63.8 Å². The van der Waals surface area contributed by atoms with Gasteiger partial charge < -0.3 is 4.74 Å². The van der Waals surface area contributed by atoms with Gasteiger partial charge in [0.2, 0.25) is 0 Å². The number of piperidine rings is 1. The first-order valence-corrected chi connectivity index (χ1v) is 11.0. The van der Waals surface area contributed by atoms with Crippen LogP contribution in [0.15, 0.2) is 42.5 Å². The Morgan fingerprint density at radius 2 is 1.81 bits per heavy atom. The van der Waals surface area contributed by atoms with E-state index in [-0.39, 0.29) is 5.91 Å². The van der Waals surface area contributed by atoms with Gasteiger partial charge in [0.1, 0.15) is 5.75 Å². The van der Waals surface area contributed by atoms with Crippen LogP contribution in [0.4, 0.5) is 0 Å². The first kappa shape index (κ1) is 22.3. The van der Waals surface area contributed by atoms with Gasteiger partial charge in [0.15, 0.2) is 5.69 Å². The molecule has 0 aliphatic carbocycles. The summed E-state index contributed by atoms with van der Waals surface area (Å²) in [5.41, 5.74) is 6.08. The number of amides is 1. The zero-order valence-corrected chi connectivity index (χ0v) is 19.0. The molecule has 0 saturated carbocycles. The van der Waals surface area contributed by atoms with Crippen LogP contribution in [-0.4, -0.2) is 40.3 Å². The quantitative estimate of drug-likeness (QED) is 0.520. The zero-order chi connectivity index (χ0) is 22.7. The fourth-order valence-electron chi connectivity index (χ4n) is 3.83. The van der Waals surface area contributed by atoms with Gasteiger partial charge in [-0.3, -0.25) is 15.0 Å². The summed E-state index contributed by atoms with van der Waals surface area (Å²) in [6, 6.07) is 12.1. The maximum atomic E-state index is 13.1. The van der Waals surface area contributed by atoms with E-state index in [1.54, 1.807) is 47.1 Å². The Hall–Kier alpha value is -2.87. The van der Waals surface area contributed by atoms with Crippen LogP contribution < -0.4 is 10.2 Å². The van der Waals surface area contributed by atoms with Crippen LogP contribution in [0.3, 0.4) is 0 Å². The van der Waals surface area contributed by atoms with Crippen LogP contribution in [0.25, 0.3) is 16.9 Å². The predicted molar refractivity (Wildman–Crippen MR) is 123 cm³/mol. The number of aromatic nitrogens is 2. The van der Waals surface area contributed by atoms with E-state index in [0.717, 1.165) is 31.5 Å². The molecule has 0 unspecified atom stereocenters. The number of halogens is 2. The highest BCUT2D eigenvalue weighted by molar-refractivity contribution is 6.35. The molecule has 1 fully saturated rings. The molecule has 9 heteroatoms. The molecular formula is C23H22Cl2N4O3. The van der Waals surface area contributed by atoms with Crippen LogP contribution in [0, 0.1) is 6.92 Å². The van der Waals surface area contributed by atoms with Gasteiger partial charge in [-0.1, -0.05) is 29.6 Å². The summed E-state index contributed by atoms with van der Waals surface area (Å²) in [5.74, 6) is 0.149. The van der Waals surface area contributed by atoms with E-state index < -0.39 is 0 Å². The van der Waals surface area contributed by atoms with Crippen molar-refractivity contribution in [2.45, 2.75) is 26.2 Å². The number of hydrazine groups is 1. The highest BCUT2D eigenvalue weighted by Gasteiger charge is 2.25. The van der Waals surface area contributed by atoms with Gasteiger partial charge in [-0.05, 0) is 62.2 Å². The summed E-state index contributed by atoms with van der Waals surface area (Å²) in [4.78, 5) is 23.7. The fraction of sp³-hybridized carbons (Fsp3) is 0.261. The summed E-state index contributed by atoms with van der Waals surface area (Å²) in [6.07, 6.45) is 3.27. The molecule has 1 saturated heterocycles. The highest BCUT2D eigenvalue weighted by atomic mass is 35.5. The molecule has 3 aromatic rings. The molecule has 1 amide bonds. The van der Waals surface area contributed by atoms with E-state index in [2.05, 4.69) is 10.5 Å². The monoisotopic (exact) mass is 472 g/mol. The third-order valence-corrected chi connectivity index (χ3v) is 5.94.